The van der Waals surface area contributed by atoms with E-state index in [2.05, 4.69) is 22.6 Å². The van der Waals surface area contributed by atoms with Gasteiger partial charge in [-0.3, -0.25) is 4.90 Å². The van der Waals surface area contributed by atoms with Crippen LogP contribution >= 0.6 is 22.6 Å². The molecule has 0 aliphatic carbocycles. The van der Waals surface area contributed by atoms with Gasteiger partial charge in [0.05, 0.1) is 0 Å². The molecule has 1 saturated heterocycles. The molecule has 0 unspecified atom stereocenters. The summed E-state index contributed by atoms with van der Waals surface area (Å²) >= 11 is 2.21. The first-order chi connectivity index (χ1) is 10.6. The van der Waals surface area contributed by atoms with E-state index in [4.69, 9.17) is 4.74 Å². The number of ether oxygens (including phenoxy) is 1. The van der Waals surface area contributed by atoms with Gasteiger partial charge in [0.1, 0.15) is 11.1 Å². The van der Waals surface area contributed by atoms with Crippen LogP contribution in [-0.4, -0.2) is 39.8 Å². The number of carbonyl (C=O) groups is 2. The van der Waals surface area contributed by atoms with Crippen LogP contribution in [0.15, 0.2) is 24.3 Å². The first-order valence-electron chi connectivity index (χ1n) is 7.62. The molecule has 0 radical (unpaired) electrons. The molecule has 1 amide bonds. The van der Waals surface area contributed by atoms with Crippen molar-refractivity contribution >= 4 is 34.7 Å². The number of carboxylic acid groups (broad SMARTS) is 1. The van der Waals surface area contributed by atoms with Crippen LogP contribution in [0, 0.1) is 3.57 Å². The number of hydrogen-bond acceptors (Lipinski definition) is 3. The third kappa shape index (κ3) is 4.16. The zero-order chi connectivity index (χ0) is 17.3. The van der Waals surface area contributed by atoms with Gasteiger partial charge in [-0.05, 0) is 73.9 Å². The Morgan fingerprint density at radius 3 is 2.43 bits per heavy atom. The van der Waals surface area contributed by atoms with Crippen molar-refractivity contribution in [3.8, 4) is 0 Å². The zero-order valence-electron chi connectivity index (χ0n) is 13.6. The van der Waals surface area contributed by atoms with Gasteiger partial charge in [-0.15, -0.1) is 0 Å². The Labute approximate surface area is 150 Å². The Balaban J connectivity index is 2.29. The van der Waals surface area contributed by atoms with Gasteiger partial charge in [-0.25, -0.2) is 9.59 Å². The highest BCUT2D eigenvalue weighted by molar-refractivity contribution is 14.1. The Hall–Kier alpha value is -1.31. The molecule has 1 atom stereocenters. The minimum Gasteiger partial charge on any atom is -0.479 e. The average Bonchev–Trinajstić information content (AvgIpc) is 2.84. The molecule has 0 spiro atoms. The maximum atomic E-state index is 12.5. The summed E-state index contributed by atoms with van der Waals surface area (Å²) < 4.78 is 6.50. The molecule has 23 heavy (non-hydrogen) atoms. The van der Waals surface area contributed by atoms with Crippen molar-refractivity contribution < 1.29 is 19.4 Å². The lowest BCUT2D eigenvalue weighted by atomic mass is 9.88. The summed E-state index contributed by atoms with van der Waals surface area (Å²) in [6.45, 7) is 5.75. The molecule has 1 N–H and O–H groups in total. The van der Waals surface area contributed by atoms with Gasteiger partial charge in [-0.2, -0.15) is 0 Å². The second-order valence-corrected chi connectivity index (χ2v) is 8.12. The zero-order valence-corrected chi connectivity index (χ0v) is 15.8. The van der Waals surface area contributed by atoms with E-state index in [-0.39, 0.29) is 0 Å². The molecule has 0 aromatic heterocycles. The molecule has 6 heteroatoms. The number of amides is 1. The monoisotopic (exact) mass is 431 g/mol. The SMILES string of the molecule is CC(C)(C)OC(=O)N1CCC[C@@]1(Cc1ccc(I)cc1)C(=O)O. The van der Waals surface area contributed by atoms with E-state index in [9.17, 15) is 14.7 Å². The Morgan fingerprint density at radius 1 is 1.30 bits per heavy atom. The Morgan fingerprint density at radius 2 is 1.91 bits per heavy atom. The minimum atomic E-state index is -1.23. The highest BCUT2D eigenvalue weighted by Crippen LogP contribution is 2.34. The third-order valence-electron chi connectivity index (χ3n) is 3.91. The first-order valence-corrected chi connectivity index (χ1v) is 8.70. The van der Waals surface area contributed by atoms with Gasteiger partial charge in [-0.1, -0.05) is 12.1 Å². The lowest BCUT2D eigenvalue weighted by molar-refractivity contribution is -0.149. The highest BCUT2D eigenvalue weighted by Gasteiger charge is 2.51. The lowest BCUT2D eigenvalue weighted by Crippen LogP contribution is -2.55. The van der Waals surface area contributed by atoms with Crippen LogP contribution in [-0.2, 0) is 16.0 Å². The van der Waals surface area contributed by atoms with Crippen molar-refractivity contribution in [2.45, 2.75) is 51.2 Å². The fraction of sp³-hybridized carbons (Fsp3) is 0.529. The molecule has 1 heterocycles. The van der Waals surface area contributed by atoms with Crippen molar-refractivity contribution in [1.82, 2.24) is 4.90 Å². The fourth-order valence-electron chi connectivity index (χ4n) is 2.88. The van der Waals surface area contributed by atoms with Gasteiger partial charge < -0.3 is 9.84 Å². The van der Waals surface area contributed by atoms with E-state index in [1.807, 2.05) is 24.3 Å². The van der Waals surface area contributed by atoms with Gasteiger partial charge in [0, 0.05) is 16.5 Å². The molecule has 1 aromatic carbocycles. The Kier molecular flexibility index (Phi) is 5.23. The van der Waals surface area contributed by atoms with Crippen molar-refractivity contribution in [3.63, 3.8) is 0 Å². The van der Waals surface area contributed by atoms with E-state index in [0.717, 1.165) is 9.13 Å². The number of benzene rings is 1. The number of carboxylic acids is 1. The summed E-state index contributed by atoms with van der Waals surface area (Å²) in [6, 6.07) is 7.71. The van der Waals surface area contributed by atoms with Crippen LogP contribution < -0.4 is 0 Å². The summed E-state index contributed by atoms with van der Waals surface area (Å²) in [6.07, 6.45) is 0.838. The Bertz CT molecular complexity index is 594. The highest BCUT2D eigenvalue weighted by atomic mass is 127. The van der Waals surface area contributed by atoms with Gasteiger partial charge in [0.25, 0.3) is 0 Å². The quantitative estimate of drug-likeness (QED) is 0.742. The van der Waals surface area contributed by atoms with E-state index in [1.165, 1.54) is 4.90 Å². The minimum absolute atomic E-state index is 0.290. The van der Waals surface area contributed by atoms with Crippen LogP contribution in [0.2, 0.25) is 0 Å². The van der Waals surface area contributed by atoms with Crippen molar-refractivity contribution in [2.75, 3.05) is 6.54 Å². The third-order valence-corrected chi connectivity index (χ3v) is 4.63. The molecule has 1 aliphatic rings. The van der Waals surface area contributed by atoms with Gasteiger partial charge >= 0.3 is 12.1 Å². The molecular formula is C17H22INO4. The number of hydrogen-bond donors (Lipinski definition) is 1. The summed E-state index contributed by atoms with van der Waals surface area (Å²) in [4.78, 5) is 25.9. The second kappa shape index (κ2) is 6.67. The summed E-state index contributed by atoms with van der Waals surface area (Å²) in [5.41, 5.74) is -0.967. The molecule has 1 aromatic rings. The molecular weight excluding hydrogens is 409 g/mol. The van der Waals surface area contributed by atoms with Crippen LogP contribution in [0.1, 0.15) is 39.2 Å². The molecule has 0 bridgehead atoms. The number of nitrogens with zero attached hydrogens (tertiary/aromatic N) is 1. The first kappa shape index (κ1) is 18.0. The second-order valence-electron chi connectivity index (χ2n) is 6.88. The van der Waals surface area contributed by atoms with E-state index in [1.54, 1.807) is 20.8 Å². The molecule has 5 nitrogen and oxygen atoms in total. The number of carbonyl (C=O) groups excluding carboxylic acids is 1. The lowest BCUT2D eigenvalue weighted by Gasteiger charge is -2.36. The van der Waals surface area contributed by atoms with E-state index < -0.39 is 23.2 Å². The summed E-state index contributed by atoms with van der Waals surface area (Å²) in [7, 11) is 0. The van der Waals surface area contributed by atoms with Gasteiger partial charge in [0.2, 0.25) is 0 Å². The van der Waals surface area contributed by atoms with Crippen LogP contribution in [0.4, 0.5) is 4.79 Å². The molecule has 1 fully saturated rings. The summed E-state index contributed by atoms with van der Waals surface area (Å²) in [5.74, 6) is -0.973. The number of likely N-dealkylation sites (tertiary alicyclic amines) is 1. The predicted molar refractivity (Wildman–Crippen MR) is 95.4 cm³/mol. The van der Waals surface area contributed by atoms with Crippen LogP contribution in [0.3, 0.4) is 0 Å². The van der Waals surface area contributed by atoms with Crippen molar-refractivity contribution in [3.05, 3.63) is 33.4 Å². The maximum Gasteiger partial charge on any atom is 0.411 e. The fourth-order valence-corrected chi connectivity index (χ4v) is 3.24. The summed E-state index contributed by atoms with van der Waals surface area (Å²) in [5, 5.41) is 9.85. The van der Waals surface area contributed by atoms with Crippen molar-refractivity contribution in [2.24, 2.45) is 0 Å². The molecule has 126 valence electrons. The van der Waals surface area contributed by atoms with Crippen LogP contribution in [0.25, 0.3) is 0 Å². The number of halogens is 1. The topological polar surface area (TPSA) is 66.8 Å². The molecule has 1 aliphatic heterocycles. The van der Waals surface area contributed by atoms with Crippen molar-refractivity contribution in [1.29, 1.82) is 0 Å². The standard InChI is InChI=1S/C17H22INO4/c1-16(2,3)23-15(22)19-10-4-9-17(19,14(20)21)11-12-5-7-13(18)8-6-12/h5-8H,4,9-11H2,1-3H3,(H,20,21)/t17-/m1/s1. The maximum absolute atomic E-state index is 12.5. The van der Waals surface area contributed by atoms with E-state index in [0.29, 0.717) is 25.8 Å². The van der Waals surface area contributed by atoms with Gasteiger partial charge in [0.15, 0.2) is 0 Å². The van der Waals surface area contributed by atoms with E-state index >= 15 is 0 Å². The predicted octanol–water partition coefficient (Wildman–Crippen LogP) is 3.69. The molecule has 2 rings (SSSR count). The average molecular weight is 431 g/mol. The smallest absolute Gasteiger partial charge is 0.411 e. The number of aliphatic carboxylic acids is 1. The largest absolute Gasteiger partial charge is 0.479 e. The molecule has 0 saturated carbocycles. The number of rotatable bonds is 3. The normalized spacial score (nSPS) is 21.3. The van der Waals surface area contributed by atoms with Crippen LogP contribution in [0.5, 0.6) is 0 Å².